The molecule has 0 bridgehead atoms. The SMILES string of the molecule is Nc1cc(-c2nnnn2C2CCOC2C2CC2)ccc1F. The van der Waals surface area contributed by atoms with Crippen LogP contribution in [-0.2, 0) is 4.74 Å². The molecule has 2 atom stereocenters. The predicted molar refractivity (Wildman–Crippen MR) is 73.7 cm³/mol. The summed E-state index contributed by atoms with van der Waals surface area (Å²) in [5, 5.41) is 12.0. The van der Waals surface area contributed by atoms with E-state index in [1.54, 1.807) is 12.1 Å². The van der Waals surface area contributed by atoms with Gasteiger partial charge in [-0.3, -0.25) is 0 Å². The summed E-state index contributed by atoms with van der Waals surface area (Å²) in [6, 6.07) is 4.71. The molecule has 4 rings (SSSR count). The molecule has 6 nitrogen and oxygen atoms in total. The van der Waals surface area contributed by atoms with E-state index in [1.165, 1.54) is 18.9 Å². The van der Waals surface area contributed by atoms with Crippen molar-refractivity contribution in [3.63, 3.8) is 0 Å². The van der Waals surface area contributed by atoms with Gasteiger partial charge >= 0.3 is 0 Å². The van der Waals surface area contributed by atoms with Crippen LogP contribution in [-0.4, -0.2) is 32.9 Å². The second kappa shape index (κ2) is 4.77. The smallest absolute Gasteiger partial charge is 0.182 e. The Morgan fingerprint density at radius 3 is 2.90 bits per heavy atom. The highest BCUT2D eigenvalue weighted by Gasteiger charge is 2.42. The van der Waals surface area contributed by atoms with Gasteiger partial charge in [0.05, 0.1) is 17.8 Å². The van der Waals surface area contributed by atoms with Gasteiger partial charge in [-0.15, -0.1) is 5.10 Å². The third-order valence-corrected chi connectivity index (χ3v) is 4.25. The van der Waals surface area contributed by atoms with Crippen molar-refractivity contribution in [3.05, 3.63) is 24.0 Å². The largest absolute Gasteiger partial charge is 0.396 e. The van der Waals surface area contributed by atoms with Crippen molar-refractivity contribution in [3.8, 4) is 11.4 Å². The van der Waals surface area contributed by atoms with E-state index in [0.717, 1.165) is 18.6 Å². The minimum Gasteiger partial charge on any atom is -0.396 e. The summed E-state index contributed by atoms with van der Waals surface area (Å²) in [7, 11) is 0. The van der Waals surface area contributed by atoms with Crippen LogP contribution in [0.1, 0.15) is 25.3 Å². The fourth-order valence-electron chi connectivity index (χ4n) is 3.03. The molecule has 2 aliphatic rings. The summed E-state index contributed by atoms with van der Waals surface area (Å²) < 4.78 is 21.0. The van der Waals surface area contributed by atoms with Crippen LogP contribution in [0.25, 0.3) is 11.4 Å². The Morgan fingerprint density at radius 2 is 2.14 bits per heavy atom. The Morgan fingerprint density at radius 1 is 1.29 bits per heavy atom. The molecule has 2 fully saturated rings. The molecule has 7 heteroatoms. The van der Waals surface area contributed by atoms with Gasteiger partial charge in [-0.1, -0.05) is 0 Å². The summed E-state index contributed by atoms with van der Waals surface area (Å²) in [5.41, 5.74) is 6.46. The first-order chi connectivity index (χ1) is 10.2. The van der Waals surface area contributed by atoms with Gasteiger partial charge in [-0.2, -0.15) is 0 Å². The normalized spacial score (nSPS) is 25.4. The van der Waals surface area contributed by atoms with E-state index in [9.17, 15) is 4.39 Å². The lowest BCUT2D eigenvalue weighted by atomic mass is 10.1. The lowest BCUT2D eigenvalue weighted by molar-refractivity contribution is 0.0725. The molecule has 1 aromatic heterocycles. The van der Waals surface area contributed by atoms with Gasteiger partial charge in [-0.25, -0.2) is 9.07 Å². The molecule has 110 valence electrons. The maximum absolute atomic E-state index is 13.3. The number of tetrazole rings is 1. The first kappa shape index (κ1) is 12.7. The van der Waals surface area contributed by atoms with Gasteiger partial charge in [0.25, 0.3) is 0 Å². The number of nitrogens with zero attached hydrogens (tertiary/aromatic N) is 4. The topological polar surface area (TPSA) is 78.9 Å². The first-order valence-corrected chi connectivity index (χ1v) is 7.19. The van der Waals surface area contributed by atoms with Crippen molar-refractivity contribution in [2.24, 2.45) is 5.92 Å². The van der Waals surface area contributed by atoms with Crippen LogP contribution >= 0.6 is 0 Å². The number of nitrogens with two attached hydrogens (primary N) is 1. The zero-order chi connectivity index (χ0) is 14.4. The number of nitrogen functional groups attached to an aromatic ring is 1. The lowest BCUT2D eigenvalue weighted by Crippen LogP contribution is -2.23. The molecule has 1 saturated carbocycles. The Labute approximate surface area is 121 Å². The molecule has 2 unspecified atom stereocenters. The third-order valence-electron chi connectivity index (χ3n) is 4.25. The Kier molecular flexibility index (Phi) is 2.88. The fourth-order valence-corrected chi connectivity index (χ4v) is 3.03. The lowest BCUT2D eigenvalue weighted by Gasteiger charge is -2.19. The van der Waals surface area contributed by atoms with Gasteiger partial charge < -0.3 is 10.5 Å². The number of ether oxygens (including phenoxy) is 1. The van der Waals surface area contributed by atoms with Crippen LogP contribution in [0.5, 0.6) is 0 Å². The Bertz CT molecular complexity index is 669. The first-order valence-electron chi connectivity index (χ1n) is 7.19. The van der Waals surface area contributed by atoms with Gasteiger partial charge in [0.2, 0.25) is 0 Å². The second-order valence-corrected chi connectivity index (χ2v) is 5.71. The molecular weight excluding hydrogens is 273 g/mol. The molecule has 21 heavy (non-hydrogen) atoms. The van der Waals surface area contributed by atoms with Gasteiger partial charge in [0, 0.05) is 12.2 Å². The van der Waals surface area contributed by atoms with E-state index in [4.69, 9.17) is 10.5 Å². The minimum absolute atomic E-state index is 0.100. The van der Waals surface area contributed by atoms with Crippen molar-refractivity contribution in [1.82, 2.24) is 20.2 Å². The summed E-state index contributed by atoms with van der Waals surface area (Å²) in [4.78, 5) is 0. The molecule has 2 aromatic rings. The van der Waals surface area contributed by atoms with Crippen LogP contribution < -0.4 is 5.73 Å². The van der Waals surface area contributed by atoms with Crippen molar-refractivity contribution in [1.29, 1.82) is 0 Å². The highest BCUT2D eigenvalue weighted by atomic mass is 19.1. The average molecular weight is 289 g/mol. The number of anilines is 1. The zero-order valence-electron chi connectivity index (χ0n) is 11.4. The second-order valence-electron chi connectivity index (χ2n) is 5.71. The van der Waals surface area contributed by atoms with Crippen LogP contribution in [0.2, 0.25) is 0 Å². The average Bonchev–Trinajstić information content (AvgIpc) is 3.02. The Hall–Kier alpha value is -2.02. The molecule has 1 aromatic carbocycles. The van der Waals surface area contributed by atoms with E-state index < -0.39 is 5.82 Å². The molecule has 1 aliphatic carbocycles. The molecule has 1 saturated heterocycles. The van der Waals surface area contributed by atoms with E-state index in [-0.39, 0.29) is 17.8 Å². The minimum atomic E-state index is -0.433. The maximum Gasteiger partial charge on any atom is 0.182 e. The number of benzene rings is 1. The number of hydrogen-bond acceptors (Lipinski definition) is 5. The molecule has 0 spiro atoms. The van der Waals surface area contributed by atoms with Crippen molar-refractivity contribution >= 4 is 5.69 Å². The van der Waals surface area contributed by atoms with E-state index in [0.29, 0.717) is 11.7 Å². The highest BCUT2D eigenvalue weighted by molar-refractivity contribution is 5.61. The monoisotopic (exact) mass is 289 g/mol. The number of halogens is 1. The number of rotatable bonds is 3. The predicted octanol–water partition coefficient (Wildman–Crippen LogP) is 1.80. The molecule has 1 aliphatic heterocycles. The van der Waals surface area contributed by atoms with Crippen LogP contribution in [0.4, 0.5) is 10.1 Å². The fraction of sp³-hybridized carbons (Fsp3) is 0.500. The van der Waals surface area contributed by atoms with Gasteiger partial charge in [-0.05, 0) is 53.8 Å². The summed E-state index contributed by atoms with van der Waals surface area (Å²) >= 11 is 0. The summed E-state index contributed by atoms with van der Waals surface area (Å²) in [6.45, 7) is 0.733. The van der Waals surface area contributed by atoms with Crippen molar-refractivity contribution in [2.45, 2.75) is 31.4 Å². The van der Waals surface area contributed by atoms with Gasteiger partial charge in [0.15, 0.2) is 5.82 Å². The summed E-state index contributed by atoms with van der Waals surface area (Å²) in [6.07, 6.45) is 3.50. The standard InChI is InChI=1S/C14H16FN5O/c15-10-4-3-9(7-11(10)16)14-17-18-19-20(14)12-5-6-21-13(12)8-1-2-8/h3-4,7-8,12-13H,1-2,5-6,16H2. The number of hydrogen-bond donors (Lipinski definition) is 1. The quantitative estimate of drug-likeness (QED) is 0.872. The number of aromatic nitrogens is 4. The zero-order valence-corrected chi connectivity index (χ0v) is 11.4. The van der Waals surface area contributed by atoms with Crippen LogP contribution in [0.15, 0.2) is 18.2 Å². The van der Waals surface area contributed by atoms with E-state index in [2.05, 4.69) is 15.5 Å². The van der Waals surface area contributed by atoms with Gasteiger partial charge in [0.1, 0.15) is 5.82 Å². The maximum atomic E-state index is 13.3. The third kappa shape index (κ3) is 2.17. The molecule has 0 amide bonds. The van der Waals surface area contributed by atoms with E-state index in [1.807, 2.05) is 4.68 Å². The van der Waals surface area contributed by atoms with Crippen molar-refractivity contribution in [2.75, 3.05) is 12.3 Å². The van der Waals surface area contributed by atoms with Crippen LogP contribution in [0, 0.1) is 11.7 Å². The molecule has 2 heterocycles. The van der Waals surface area contributed by atoms with Crippen molar-refractivity contribution < 1.29 is 9.13 Å². The molecule has 2 N–H and O–H groups in total. The molecule has 0 radical (unpaired) electrons. The summed E-state index contributed by atoms with van der Waals surface area (Å²) in [5.74, 6) is 0.800. The Balaban J connectivity index is 1.71. The molecular formula is C14H16FN5O. The van der Waals surface area contributed by atoms with E-state index >= 15 is 0 Å². The van der Waals surface area contributed by atoms with Crippen LogP contribution in [0.3, 0.4) is 0 Å². The highest BCUT2D eigenvalue weighted by Crippen LogP contribution is 2.43.